The van der Waals surface area contributed by atoms with Crippen LogP contribution in [0.5, 0.6) is 5.75 Å². The first-order chi connectivity index (χ1) is 6.99. The average molecular weight is 320 g/mol. The monoisotopic (exact) mass is 320 g/mol. The minimum atomic E-state index is -0.661. The Morgan fingerprint density at radius 1 is 1.40 bits per heavy atom. The van der Waals surface area contributed by atoms with Crippen molar-refractivity contribution in [3.05, 3.63) is 29.3 Å². The first-order valence-corrected chi connectivity index (χ1v) is 5.83. The second-order valence-electron chi connectivity index (χ2n) is 3.28. The van der Waals surface area contributed by atoms with Gasteiger partial charge in [-0.05, 0) is 60.6 Å². The van der Waals surface area contributed by atoms with Crippen molar-refractivity contribution in [2.45, 2.75) is 24.9 Å². The molecular weight excluding hydrogens is 307 g/mol. The molecule has 0 radical (unpaired) electrons. The number of halogens is 1. The minimum Gasteiger partial charge on any atom is -0.420 e. The zero-order valence-electron chi connectivity index (χ0n) is 8.91. The van der Waals surface area contributed by atoms with Gasteiger partial charge in [-0.1, -0.05) is 12.1 Å². The fourth-order valence-corrected chi connectivity index (χ4v) is 1.27. The van der Waals surface area contributed by atoms with Crippen molar-refractivity contribution < 1.29 is 14.3 Å². The molecule has 0 N–H and O–H groups in total. The first-order valence-electron chi connectivity index (χ1n) is 4.59. The van der Waals surface area contributed by atoms with Crippen LogP contribution in [0.2, 0.25) is 0 Å². The molecule has 1 aromatic carbocycles. The molecule has 0 amide bonds. The summed E-state index contributed by atoms with van der Waals surface area (Å²) in [6, 6.07) is 5.69. The molecule has 3 nitrogen and oxygen atoms in total. The van der Waals surface area contributed by atoms with Crippen LogP contribution in [-0.2, 0) is 4.74 Å². The van der Waals surface area contributed by atoms with E-state index in [9.17, 15) is 4.79 Å². The highest BCUT2D eigenvalue weighted by atomic mass is 127. The van der Waals surface area contributed by atoms with Crippen LogP contribution in [0.3, 0.4) is 0 Å². The lowest BCUT2D eigenvalue weighted by molar-refractivity contribution is 0.0986. The predicted octanol–water partition coefficient (Wildman–Crippen LogP) is 3.60. The average Bonchev–Trinajstić information content (AvgIpc) is 2.10. The van der Waals surface area contributed by atoms with Gasteiger partial charge in [0.15, 0.2) is 4.11 Å². The van der Waals surface area contributed by atoms with E-state index in [4.69, 9.17) is 9.47 Å². The van der Waals surface area contributed by atoms with Crippen molar-refractivity contribution in [1.82, 2.24) is 0 Å². The lowest BCUT2D eigenvalue weighted by Gasteiger charge is -2.09. The van der Waals surface area contributed by atoms with E-state index in [0.29, 0.717) is 5.75 Å². The Kier molecular flexibility index (Phi) is 4.38. The van der Waals surface area contributed by atoms with E-state index in [1.807, 2.05) is 54.6 Å². The third-order valence-corrected chi connectivity index (χ3v) is 2.05. The van der Waals surface area contributed by atoms with Crippen LogP contribution in [0.15, 0.2) is 18.2 Å². The molecule has 0 heterocycles. The van der Waals surface area contributed by atoms with Crippen molar-refractivity contribution in [2.24, 2.45) is 0 Å². The molecule has 0 aromatic heterocycles. The summed E-state index contributed by atoms with van der Waals surface area (Å²) >= 11 is 1.99. The number of carbonyl (C=O) groups excluding carboxylic acids is 1. The van der Waals surface area contributed by atoms with Gasteiger partial charge in [-0.3, -0.25) is 0 Å². The Balaban J connectivity index is 2.71. The quantitative estimate of drug-likeness (QED) is 0.361. The van der Waals surface area contributed by atoms with Gasteiger partial charge < -0.3 is 9.47 Å². The molecule has 82 valence electrons. The predicted molar refractivity (Wildman–Crippen MR) is 66.5 cm³/mol. The van der Waals surface area contributed by atoms with Gasteiger partial charge in [0.2, 0.25) is 0 Å². The lowest BCUT2D eigenvalue weighted by Crippen LogP contribution is -2.14. The standard InChI is InChI=1S/C11H13IO3/c1-7-4-5-8(2)10(6-7)15-11(13)14-9(3)12/h4-6,9H,1-3H3. The smallest absolute Gasteiger partial charge is 0.420 e. The summed E-state index contributed by atoms with van der Waals surface area (Å²) in [7, 11) is 0. The molecule has 0 saturated heterocycles. The summed E-state index contributed by atoms with van der Waals surface area (Å²) in [6.07, 6.45) is -0.661. The van der Waals surface area contributed by atoms with Gasteiger partial charge >= 0.3 is 6.16 Å². The summed E-state index contributed by atoms with van der Waals surface area (Å²) in [4.78, 5) is 11.2. The summed E-state index contributed by atoms with van der Waals surface area (Å²) in [5, 5.41) is 0. The SMILES string of the molecule is Cc1ccc(C)c(OC(=O)OC(C)I)c1. The Hall–Kier alpha value is -0.780. The zero-order valence-corrected chi connectivity index (χ0v) is 11.1. The van der Waals surface area contributed by atoms with Crippen molar-refractivity contribution in [1.29, 1.82) is 0 Å². The Bertz CT molecular complexity index is 361. The topological polar surface area (TPSA) is 35.5 Å². The maximum Gasteiger partial charge on any atom is 0.514 e. The van der Waals surface area contributed by atoms with Crippen molar-refractivity contribution in [3.63, 3.8) is 0 Å². The van der Waals surface area contributed by atoms with E-state index in [1.165, 1.54) is 0 Å². The van der Waals surface area contributed by atoms with E-state index >= 15 is 0 Å². The van der Waals surface area contributed by atoms with Crippen LogP contribution in [0.25, 0.3) is 0 Å². The number of aryl methyl sites for hydroxylation is 2. The molecule has 1 aromatic rings. The molecule has 1 unspecified atom stereocenters. The Morgan fingerprint density at radius 2 is 2.07 bits per heavy atom. The molecule has 0 spiro atoms. The Morgan fingerprint density at radius 3 is 2.67 bits per heavy atom. The number of rotatable bonds is 2. The van der Waals surface area contributed by atoms with Crippen LogP contribution in [0, 0.1) is 13.8 Å². The molecule has 1 rings (SSSR count). The maximum absolute atomic E-state index is 11.2. The van der Waals surface area contributed by atoms with Crippen LogP contribution in [-0.4, -0.2) is 10.3 Å². The van der Waals surface area contributed by atoms with Crippen molar-refractivity contribution >= 4 is 28.7 Å². The number of alkyl halides is 1. The molecule has 4 heteroatoms. The highest BCUT2D eigenvalue weighted by Gasteiger charge is 2.10. The van der Waals surface area contributed by atoms with Gasteiger partial charge in [-0.15, -0.1) is 0 Å². The van der Waals surface area contributed by atoms with E-state index in [1.54, 1.807) is 6.92 Å². The summed E-state index contributed by atoms with van der Waals surface area (Å²) in [5.74, 6) is 0.553. The normalized spacial score (nSPS) is 12.0. The van der Waals surface area contributed by atoms with Crippen LogP contribution < -0.4 is 4.74 Å². The Labute approximate surface area is 103 Å². The number of hydrogen-bond acceptors (Lipinski definition) is 3. The van der Waals surface area contributed by atoms with Gasteiger partial charge in [-0.2, -0.15) is 0 Å². The molecular formula is C11H13IO3. The van der Waals surface area contributed by atoms with E-state index in [-0.39, 0.29) is 4.11 Å². The second kappa shape index (κ2) is 5.34. The first kappa shape index (κ1) is 12.3. The maximum atomic E-state index is 11.2. The van der Waals surface area contributed by atoms with E-state index < -0.39 is 6.16 Å². The highest BCUT2D eigenvalue weighted by Crippen LogP contribution is 2.20. The van der Waals surface area contributed by atoms with Crippen LogP contribution >= 0.6 is 22.6 Å². The van der Waals surface area contributed by atoms with Gasteiger partial charge in [0.05, 0.1) is 0 Å². The van der Waals surface area contributed by atoms with E-state index in [0.717, 1.165) is 11.1 Å². The lowest BCUT2D eigenvalue weighted by atomic mass is 10.1. The molecule has 0 saturated carbocycles. The molecule has 0 aliphatic heterocycles. The third kappa shape index (κ3) is 4.07. The summed E-state index contributed by atoms with van der Waals surface area (Å²) in [5.41, 5.74) is 1.96. The largest absolute Gasteiger partial charge is 0.514 e. The van der Waals surface area contributed by atoms with Crippen molar-refractivity contribution in [3.8, 4) is 5.75 Å². The molecule has 0 aliphatic rings. The number of benzene rings is 1. The number of carbonyl (C=O) groups is 1. The third-order valence-electron chi connectivity index (χ3n) is 1.80. The van der Waals surface area contributed by atoms with Gasteiger partial charge in [0.1, 0.15) is 5.75 Å². The van der Waals surface area contributed by atoms with Gasteiger partial charge in [-0.25, -0.2) is 4.79 Å². The van der Waals surface area contributed by atoms with E-state index in [2.05, 4.69) is 0 Å². The molecule has 0 bridgehead atoms. The second-order valence-corrected chi connectivity index (χ2v) is 5.04. The molecule has 15 heavy (non-hydrogen) atoms. The fourth-order valence-electron chi connectivity index (χ4n) is 1.06. The fraction of sp³-hybridized carbons (Fsp3) is 0.364. The number of hydrogen-bond donors (Lipinski definition) is 0. The highest BCUT2D eigenvalue weighted by molar-refractivity contribution is 14.1. The molecule has 1 atom stereocenters. The van der Waals surface area contributed by atoms with Gasteiger partial charge in [0.25, 0.3) is 0 Å². The van der Waals surface area contributed by atoms with Crippen LogP contribution in [0.1, 0.15) is 18.1 Å². The van der Waals surface area contributed by atoms with Gasteiger partial charge in [0, 0.05) is 0 Å². The molecule has 0 aliphatic carbocycles. The summed E-state index contributed by atoms with van der Waals surface area (Å²) in [6.45, 7) is 5.60. The number of ether oxygens (including phenoxy) is 2. The molecule has 0 fully saturated rings. The summed E-state index contributed by atoms with van der Waals surface area (Å²) < 4.78 is 9.75. The zero-order chi connectivity index (χ0) is 11.4. The van der Waals surface area contributed by atoms with Crippen LogP contribution in [0.4, 0.5) is 4.79 Å². The van der Waals surface area contributed by atoms with Crippen molar-refractivity contribution in [2.75, 3.05) is 0 Å². The minimum absolute atomic E-state index is 0.194.